The van der Waals surface area contributed by atoms with Crippen LogP contribution in [0.1, 0.15) is 6.92 Å². The standard InChI is InChI=1S/C8H15NO/c1-4-6-9(7-5-2)8(3)10/h4-5,8,10H,1-2,6-7H2,3H3. The zero-order valence-electron chi connectivity index (χ0n) is 6.45. The van der Waals surface area contributed by atoms with Crippen molar-refractivity contribution in [2.24, 2.45) is 0 Å². The Balaban J connectivity index is 3.70. The lowest BCUT2D eigenvalue weighted by atomic mass is 10.4. The van der Waals surface area contributed by atoms with Gasteiger partial charge in [0.05, 0.1) is 0 Å². The smallest absolute Gasteiger partial charge is 0.105 e. The molecule has 1 atom stereocenters. The molecule has 0 bridgehead atoms. The summed E-state index contributed by atoms with van der Waals surface area (Å²) in [4.78, 5) is 1.85. The molecule has 0 fully saturated rings. The SMILES string of the molecule is C=CCN(CC=C)C(C)O. The first-order valence-corrected chi connectivity index (χ1v) is 3.36. The van der Waals surface area contributed by atoms with Gasteiger partial charge in [-0.15, -0.1) is 13.2 Å². The average molecular weight is 141 g/mol. The number of hydrogen-bond donors (Lipinski definition) is 1. The third-order valence-corrected chi connectivity index (χ3v) is 1.26. The van der Waals surface area contributed by atoms with Gasteiger partial charge >= 0.3 is 0 Å². The summed E-state index contributed by atoms with van der Waals surface area (Å²) in [6.45, 7) is 10.3. The van der Waals surface area contributed by atoms with E-state index in [4.69, 9.17) is 5.11 Å². The summed E-state index contributed by atoms with van der Waals surface area (Å²) in [5, 5.41) is 9.10. The van der Waals surface area contributed by atoms with Crippen molar-refractivity contribution in [1.29, 1.82) is 0 Å². The summed E-state index contributed by atoms with van der Waals surface area (Å²) in [6.07, 6.45) is 3.10. The first kappa shape index (κ1) is 9.40. The molecular formula is C8H15NO. The van der Waals surface area contributed by atoms with Crippen LogP contribution in [0.4, 0.5) is 0 Å². The van der Waals surface area contributed by atoms with Gasteiger partial charge in [0, 0.05) is 13.1 Å². The van der Waals surface area contributed by atoms with Crippen molar-refractivity contribution in [1.82, 2.24) is 4.90 Å². The first-order chi connectivity index (χ1) is 4.72. The van der Waals surface area contributed by atoms with Crippen LogP contribution < -0.4 is 0 Å². The van der Waals surface area contributed by atoms with E-state index in [1.165, 1.54) is 0 Å². The zero-order chi connectivity index (χ0) is 7.98. The molecule has 0 aliphatic carbocycles. The van der Waals surface area contributed by atoms with Crippen LogP contribution >= 0.6 is 0 Å². The Bertz CT molecular complexity index is 99.8. The zero-order valence-corrected chi connectivity index (χ0v) is 6.45. The Morgan fingerprint density at radius 2 is 1.80 bits per heavy atom. The maximum absolute atomic E-state index is 9.10. The Labute approximate surface area is 62.5 Å². The topological polar surface area (TPSA) is 23.5 Å². The van der Waals surface area contributed by atoms with E-state index in [9.17, 15) is 0 Å². The van der Waals surface area contributed by atoms with E-state index < -0.39 is 6.23 Å². The number of nitrogens with zero attached hydrogens (tertiary/aromatic N) is 1. The van der Waals surface area contributed by atoms with Gasteiger partial charge < -0.3 is 5.11 Å². The van der Waals surface area contributed by atoms with E-state index >= 15 is 0 Å². The molecule has 58 valence electrons. The highest BCUT2D eigenvalue weighted by Crippen LogP contribution is 1.94. The van der Waals surface area contributed by atoms with Crippen LogP contribution in [-0.4, -0.2) is 29.3 Å². The summed E-state index contributed by atoms with van der Waals surface area (Å²) in [6, 6.07) is 0. The summed E-state index contributed by atoms with van der Waals surface area (Å²) in [5.74, 6) is 0. The van der Waals surface area contributed by atoms with Gasteiger partial charge in [0.1, 0.15) is 6.23 Å². The van der Waals surface area contributed by atoms with Crippen molar-refractivity contribution >= 4 is 0 Å². The van der Waals surface area contributed by atoms with E-state index in [1.807, 2.05) is 4.90 Å². The highest BCUT2D eigenvalue weighted by molar-refractivity contribution is 4.79. The molecule has 0 aromatic heterocycles. The lowest BCUT2D eigenvalue weighted by Gasteiger charge is -2.21. The summed E-state index contributed by atoms with van der Waals surface area (Å²) in [5.41, 5.74) is 0. The molecule has 2 nitrogen and oxygen atoms in total. The molecule has 1 unspecified atom stereocenters. The quantitative estimate of drug-likeness (QED) is 0.456. The van der Waals surface area contributed by atoms with Gasteiger partial charge in [-0.3, -0.25) is 4.90 Å². The fourth-order valence-electron chi connectivity index (χ4n) is 0.711. The molecule has 0 rings (SSSR count). The van der Waals surface area contributed by atoms with E-state index in [-0.39, 0.29) is 0 Å². The highest BCUT2D eigenvalue weighted by atomic mass is 16.3. The second-order valence-electron chi connectivity index (χ2n) is 2.16. The molecule has 0 saturated carbocycles. The number of aliphatic hydroxyl groups excluding tert-OH is 1. The van der Waals surface area contributed by atoms with Gasteiger partial charge in [0.2, 0.25) is 0 Å². The van der Waals surface area contributed by atoms with Crippen LogP contribution in [0.3, 0.4) is 0 Å². The number of hydrogen-bond acceptors (Lipinski definition) is 2. The van der Waals surface area contributed by atoms with E-state index in [0.717, 1.165) is 0 Å². The summed E-state index contributed by atoms with van der Waals surface area (Å²) in [7, 11) is 0. The maximum atomic E-state index is 9.10. The normalized spacial score (nSPS) is 13.1. The van der Waals surface area contributed by atoms with Crippen LogP contribution in [-0.2, 0) is 0 Å². The van der Waals surface area contributed by atoms with Gasteiger partial charge in [-0.1, -0.05) is 12.2 Å². The molecule has 0 aliphatic heterocycles. The van der Waals surface area contributed by atoms with Crippen LogP contribution in [0.2, 0.25) is 0 Å². The Morgan fingerprint density at radius 3 is 2.00 bits per heavy atom. The molecular weight excluding hydrogens is 126 g/mol. The number of rotatable bonds is 5. The first-order valence-electron chi connectivity index (χ1n) is 3.36. The van der Waals surface area contributed by atoms with Crippen molar-refractivity contribution in [2.45, 2.75) is 13.2 Å². The molecule has 0 heterocycles. The van der Waals surface area contributed by atoms with Crippen LogP contribution in [0, 0.1) is 0 Å². The molecule has 0 spiro atoms. The Hall–Kier alpha value is -0.600. The minimum atomic E-state index is -0.420. The molecule has 0 aromatic carbocycles. The number of aliphatic hydroxyl groups is 1. The fourth-order valence-corrected chi connectivity index (χ4v) is 0.711. The van der Waals surface area contributed by atoms with Gasteiger partial charge in [-0.2, -0.15) is 0 Å². The van der Waals surface area contributed by atoms with Gasteiger partial charge in [0.25, 0.3) is 0 Å². The average Bonchev–Trinajstić information content (AvgIpc) is 1.87. The maximum Gasteiger partial charge on any atom is 0.105 e. The molecule has 0 aromatic rings. The van der Waals surface area contributed by atoms with E-state index in [2.05, 4.69) is 13.2 Å². The lowest BCUT2D eigenvalue weighted by Crippen LogP contribution is -2.32. The van der Waals surface area contributed by atoms with Crippen molar-refractivity contribution in [3.63, 3.8) is 0 Å². The van der Waals surface area contributed by atoms with Crippen LogP contribution in [0.15, 0.2) is 25.3 Å². The molecule has 0 saturated heterocycles. The van der Waals surface area contributed by atoms with E-state index in [1.54, 1.807) is 19.1 Å². The summed E-state index contributed by atoms with van der Waals surface area (Å²) >= 11 is 0. The lowest BCUT2D eigenvalue weighted by molar-refractivity contribution is 0.0359. The fraction of sp³-hybridized carbons (Fsp3) is 0.500. The van der Waals surface area contributed by atoms with E-state index in [0.29, 0.717) is 13.1 Å². The third kappa shape index (κ3) is 3.43. The summed E-state index contributed by atoms with van der Waals surface area (Å²) < 4.78 is 0. The minimum absolute atomic E-state index is 0.420. The van der Waals surface area contributed by atoms with Gasteiger partial charge in [-0.05, 0) is 6.92 Å². The second kappa shape index (κ2) is 5.21. The van der Waals surface area contributed by atoms with Gasteiger partial charge in [0.15, 0.2) is 0 Å². The predicted molar refractivity (Wildman–Crippen MR) is 43.6 cm³/mol. The van der Waals surface area contributed by atoms with Crippen LogP contribution in [0.5, 0.6) is 0 Å². The minimum Gasteiger partial charge on any atom is -0.379 e. The monoisotopic (exact) mass is 141 g/mol. The van der Waals surface area contributed by atoms with Crippen molar-refractivity contribution in [3.05, 3.63) is 25.3 Å². The third-order valence-electron chi connectivity index (χ3n) is 1.26. The molecule has 0 radical (unpaired) electrons. The van der Waals surface area contributed by atoms with Crippen molar-refractivity contribution < 1.29 is 5.11 Å². The van der Waals surface area contributed by atoms with Gasteiger partial charge in [-0.25, -0.2) is 0 Å². The Morgan fingerprint density at radius 1 is 1.40 bits per heavy atom. The van der Waals surface area contributed by atoms with Crippen molar-refractivity contribution in [3.8, 4) is 0 Å². The second-order valence-corrected chi connectivity index (χ2v) is 2.16. The van der Waals surface area contributed by atoms with Crippen molar-refractivity contribution in [2.75, 3.05) is 13.1 Å². The molecule has 0 amide bonds. The Kier molecular flexibility index (Phi) is 4.89. The molecule has 1 N–H and O–H groups in total. The highest BCUT2D eigenvalue weighted by Gasteiger charge is 2.04. The predicted octanol–water partition coefficient (Wildman–Crippen LogP) is 0.999. The largest absolute Gasteiger partial charge is 0.379 e. The molecule has 0 aliphatic rings. The molecule has 2 heteroatoms. The van der Waals surface area contributed by atoms with Crippen LogP contribution in [0.25, 0.3) is 0 Å². The molecule has 10 heavy (non-hydrogen) atoms.